The summed E-state index contributed by atoms with van der Waals surface area (Å²) in [7, 11) is 0. The Morgan fingerprint density at radius 1 is 1.26 bits per heavy atom. The van der Waals surface area contributed by atoms with Crippen molar-refractivity contribution in [3.05, 3.63) is 51.5 Å². The third-order valence-corrected chi connectivity index (χ3v) is 4.80. The van der Waals surface area contributed by atoms with Gasteiger partial charge < -0.3 is 10.2 Å². The second-order valence-electron chi connectivity index (χ2n) is 5.76. The molecular weight excluding hydrogens is 315 g/mol. The van der Waals surface area contributed by atoms with Gasteiger partial charge in [0, 0.05) is 29.4 Å². The minimum Gasteiger partial charge on any atom is -0.349 e. The smallest absolute Gasteiger partial charge is 0.261 e. The van der Waals surface area contributed by atoms with Crippen LogP contribution in [-0.4, -0.2) is 24.4 Å². The first-order chi connectivity index (χ1) is 11.0. The summed E-state index contributed by atoms with van der Waals surface area (Å²) in [6, 6.07) is 7.35. The normalized spacial score (nSPS) is 13.3. The van der Waals surface area contributed by atoms with Gasteiger partial charge >= 0.3 is 0 Å². The highest BCUT2D eigenvalue weighted by atomic mass is 32.1. The summed E-state index contributed by atoms with van der Waals surface area (Å²) in [4.78, 5) is 28.0. The fourth-order valence-corrected chi connectivity index (χ4v) is 3.62. The van der Waals surface area contributed by atoms with E-state index in [-0.39, 0.29) is 23.7 Å². The largest absolute Gasteiger partial charge is 0.349 e. The van der Waals surface area contributed by atoms with Gasteiger partial charge in [-0.1, -0.05) is 0 Å². The van der Waals surface area contributed by atoms with Crippen molar-refractivity contribution in [1.29, 1.82) is 0 Å². The van der Waals surface area contributed by atoms with Crippen molar-refractivity contribution in [3.63, 3.8) is 0 Å². The van der Waals surface area contributed by atoms with Gasteiger partial charge in [-0.15, -0.1) is 11.3 Å². The molecule has 6 heteroatoms. The number of hydrogen-bond acceptors (Lipinski definition) is 3. The van der Waals surface area contributed by atoms with Crippen LogP contribution in [0.4, 0.5) is 10.1 Å². The number of benzene rings is 1. The van der Waals surface area contributed by atoms with Crippen LogP contribution < -0.4 is 10.2 Å². The van der Waals surface area contributed by atoms with E-state index in [2.05, 4.69) is 5.32 Å². The van der Waals surface area contributed by atoms with E-state index in [4.69, 9.17) is 0 Å². The molecule has 3 rings (SSSR count). The number of nitrogens with one attached hydrogen (secondary N) is 1. The molecule has 23 heavy (non-hydrogen) atoms. The van der Waals surface area contributed by atoms with Gasteiger partial charge in [0.2, 0.25) is 0 Å². The van der Waals surface area contributed by atoms with Crippen LogP contribution in [0.25, 0.3) is 0 Å². The van der Waals surface area contributed by atoms with Gasteiger partial charge in [0.1, 0.15) is 5.82 Å². The lowest BCUT2D eigenvalue weighted by atomic mass is 10.2. The molecule has 1 aliphatic rings. The minimum atomic E-state index is -0.369. The van der Waals surface area contributed by atoms with Crippen LogP contribution in [0, 0.1) is 5.82 Å². The molecule has 1 aromatic heterocycles. The van der Waals surface area contributed by atoms with Gasteiger partial charge in [-0.3, -0.25) is 9.59 Å². The number of carbonyl (C=O) groups excluding carboxylic acids is 2. The number of amides is 2. The Morgan fingerprint density at radius 2 is 1.96 bits per heavy atom. The Morgan fingerprint density at radius 3 is 2.61 bits per heavy atom. The summed E-state index contributed by atoms with van der Waals surface area (Å²) in [5.74, 6) is -0.655. The molecule has 4 nitrogen and oxygen atoms in total. The maximum absolute atomic E-state index is 13.0. The van der Waals surface area contributed by atoms with Crippen molar-refractivity contribution in [2.24, 2.45) is 0 Å². The number of halogens is 1. The third-order valence-electron chi connectivity index (χ3n) is 3.62. The van der Waals surface area contributed by atoms with Crippen LogP contribution in [0.2, 0.25) is 0 Å². The molecule has 120 valence electrons. The molecule has 1 aromatic carbocycles. The summed E-state index contributed by atoms with van der Waals surface area (Å²) < 4.78 is 13.0. The molecule has 0 saturated heterocycles. The molecule has 0 fully saturated rings. The van der Waals surface area contributed by atoms with Crippen LogP contribution in [-0.2, 0) is 6.42 Å². The molecule has 0 aliphatic carbocycles. The average molecular weight is 332 g/mol. The monoisotopic (exact) mass is 332 g/mol. The van der Waals surface area contributed by atoms with Gasteiger partial charge in [-0.25, -0.2) is 4.39 Å². The predicted octanol–water partition coefficient (Wildman–Crippen LogP) is 3.23. The van der Waals surface area contributed by atoms with E-state index in [1.54, 1.807) is 11.0 Å². The predicted molar refractivity (Wildman–Crippen MR) is 88.7 cm³/mol. The fraction of sp³-hybridized carbons (Fsp3) is 0.294. The number of carbonyl (C=O) groups is 2. The van der Waals surface area contributed by atoms with Crippen LogP contribution in [0.5, 0.6) is 0 Å². The molecule has 2 amide bonds. The Bertz CT molecular complexity index is 752. The van der Waals surface area contributed by atoms with Crippen LogP contribution in [0.1, 0.15) is 38.8 Å². The lowest BCUT2D eigenvalue weighted by Crippen LogP contribution is -2.30. The highest BCUT2D eigenvalue weighted by Gasteiger charge is 2.29. The number of anilines is 1. The molecule has 0 atom stereocenters. The van der Waals surface area contributed by atoms with Crippen molar-refractivity contribution in [2.45, 2.75) is 26.3 Å². The van der Waals surface area contributed by atoms with Gasteiger partial charge in [0.05, 0.1) is 10.6 Å². The standard InChI is InChI=1S/C17H17FN2O2S/c1-10(2)19-16(21)15-9-13-14(23-15)7-8-20(13)17(22)11-3-5-12(18)6-4-11/h3-6,9-10H,7-8H2,1-2H3,(H,19,21). The van der Waals surface area contributed by atoms with Crippen LogP contribution in [0.3, 0.4) is 0 Å². The first-order valence-corrected chi connectivity index (χ1v) is 8.28. The second kappa shape index (κ2) is 6.12. The Hall–Kier alpha value is -2.21. The summed E-state index contributed by atoms with van der Waals surface area (Å²) in [6.45, 7) is 4.40. The maximum Gasteiger partial charge on any atom is 0.261 e. The zero-order valence-electron chi connectivity index (χ0n) is 12.9. The lowest BCUT2D eigenvalue weighted by molar-refractivity contribution is 0.0944. The van der Waals surface area contributed by atoms with Crippen LogP contribution >= 0.6 is 11.3 Å². The lowest BCUT2D eigenvalue weighted by Gasteiger charge is -2.16. The zero-order chi connectivity index (χ0) is 16.6. The molecular formula is C17H17FN2O2S. The molecule has 0 unspecified atom stereocenters. The topological polar surface area (TPSA) is 49.4 Å². The second-order valence-corrected chi connectivity index (χ2v) is 6.90. The Kier molecular flexibility index (Phi) is 4.17. The van der Waals surface area contributed by atoms with E-state index >= 15 is 0 Å². The van der Waals surface area contributed by atoms with Crippen molar-refractivity contribution in [3.8, 4) is 0 Å². The van der Waals surface area contributed by atoms with Crippen molar-refractivity contribution >= 4 is 28.8 Å². The van der Waals surface area contributed by atoms with E-state index in [0.29, 0.717) is 17.0 Å². The summed E-state index contributed by atoms with van der Waals surface area (Å²) in [5.41, 5.74) is 1.23. The molecule has 0 saturated carbocycles. The molecule has 1 N–H and O–H groups in total. The maximum atomic E-state index is 13.0. The number of rotatable bonds is 3. The van der Waals surface area contributed by atoms with E-state index in [9.17, 15) is 14.0 Å². The average Bonchev–Trinajstić information content (AvgIpc) is 3.06. The summed E-state index contributed by atoms with van der Waals surface area (Å²) >= 11 is 1.42. The van der Waals surface area contributed by atoms with Gasteiger partial charge in [0.25, 0.3) is 11.8 Å². The number of nitrogens with zero attached hydrogens (tertiary/aromatic N) is 1. The first kappa shape index (κ1) is 15.7. The summed E-state index contributed by atoms with van der Waals surface area (Å²) in [6.07, 6.45) is 0.738. The molecule has 0 radical (unpaired) electrons. The SMILES string of the molecule is CC(C)NC(=O)c1cc2c(s1)CCN2C(=O)c1ccc(F)cc1. The Balaban J connectivity index is 1.83. The molecule has 2 aromatic rings. The molecule has 0 bridgehead atoms. The number of thiophene rings is 1. The van der Waals surface area contributed by atoms with E-state index in [1.807, 2.05) is 13.8 Å². The number of fused-ring (bicyclic) bond motifs is 1. The highest BCUT2D eigenvalue weighted by molar-refractivity contribution is 7.14. The molecule has 1 aliphatic heterocycles. The van der Waals surface area contributed by atoms with Crippen molar-refractivity contribution in [2.75, 3.05) is 11.4 Å². The third kappa shape index (κ3) is 3.12. The van der Waals surface area contributed by atoms with Gasteiger partial charge in [-0.05, 0) is 44.2 Å². The fourth-order valence-electron chi connectivity index (χ4n) is 2.56. The zero-order valence-corrected chi connectivity index (χ0v) is 13.7. The summed E-state index contributed by atoms with van der Waals surface area (Å²) in [5, 5.41) is 2.86. The van der Waals surface area contributed by atoms with E-state index in [1.165, 1.54) is 35.6 Å². The van der Waals surface area contributed by atoms with E-state index < -0.39 is 0 Å². The van der Waals surface area contributed by atoms with E-state index in [0.717, 1.165) is 17.0 Å². The van der Waals surface area contributed by atoms with Crippen LogP contribution in [0.15, 0.2) is 30.3 Å². The Labute approximate surface area is 137 Å². The van der Waals surface area contributed by atoms with Crippen molar-refractivity contribution in [1.82, 2.24) is 5.32 Å². The molecule has 2 heterocycles. The van der Waals surface area contributed by atoms with Gasteiger partial charge in [-0.2, -0.15) is 0 Å². The quantitative estimate of drug-likeness (QED) is 0.938. The number of hydrogen-bond donors (Lipinski definition) is 1. The molecule has 0 spiro atoms. The first-order valence-electron chi connectivity index (χ1n) is 7.46. The van der Waals surface area contributed by atoms with Crippen molar-refractivity contribution < 1.29 is 14.0 Å². The minimum absolute atomic E-state index is 0.0661. The highest BCUT2D eigenvalue weighted by Crippen LogP contribution is 2.36. The van der Waals surface area contributed by atoms with Gasteiger partial charge in [0.15, 0.2) is 0 Å².